The highest BCUT2D eigenvalue weighted by Gasteiger charge is 2.35. The van der Waals surface area contributed by atoms with Crippen molar-refractivity contribution in [1.29, 1.82) is 0 Å². The Morgan fingerprint density at radius 2 is 1.76 bits per heavy atom. The van der Waals surface area contributed by atoms with Crippen LogP contribution in [-0.2, 0) is 0 Å². The van der Waals surface area contributed by atoms with Crippen LogP contribution in [0.4, 0.5) is 0 Å². The van der Waals surface area contributed by atoms with Crippen LogP contribution in [-0.4, -0.2) is 25.2 Å². The van der Waals surface area contributed by atoms with Crippen LogP contribution in [0.15, 0.2) is 0 Å². The molecule has 1 aliphatic heterocycles. The fourth-order valence-electron chi connectivity index (χ4n) is 3.28. The van der Waals surface area contributed by atoms with E-state index in [0.29, 0.717) is 11.0 Å². The number of hydrogen-bond acceptors (Lipinski definition) is 2. The fraction of sp³-hybridized carbons (Fsp3) is 1.00. The van der Waals surface area contributed by atoms with Crippen LogP contribution >= 0.6 is 0 Å². The Hall–Kier alpha value is -0.0800. The summed E-state index contributed by atoms with van der Waals surface area (Å²) in [6.45, 7) is 12.9. The molecule has 1 saturated heterocycles. The summed E-state index contributed by atoms with van der Waals surface area (Å²) in [4.78, 5) is 0. The molecular formula is C15H32N2. The molecule has 0 aliphatic carbocycles. The molecule has 0 aromatic rings. The Kier molecular flexibility index (Phi) is 5.94. The average Bonchev–Trinajstić information content (AvgIpc) is 2.81. The molecule has 1 heterocycles. The lowest BCUT2D eigenvalue weighted by Crippen LogP contribution is -2.49. The van der Waals surface area contributed by atoms with E-state index in [1.54, 1.807) is 0 Å². The van der Waals surface area contributed by atoms with Crippen LogP contribution in [0.5, 0.6) is 0 Å². The molecule has 2 N–H and O–H groups in total. The Morgan fingerprint density at radius 3 is 2.18 bits per heavy atom. The second-order valence-corrected chi connectivity index (χ2v) is 5.87. The van der Waals surface area contributed by atoms with Crippen LogP contribution in [0.2, 0.25) is 0 Å². The van der Waals surface area contributed by atoms with Crippen LogP contribution in [0.1, 0.15) is 66.2 Å². The van der Waals surface area contributed by atoms with Crippen molar-refractivity contribution in [3.8, 4) is 0 Å². The summed E-state index contributed by atoms with van der Waals surface area (Å²) in [6.07, 6.45) is 7.75. The van der Waals surface area contributed by atoms with E-state index in [1.807, 2.05) is 0 Å². The van der Waals surface area contributed by atoms with Gasteiger partial charge < -0.3 is 10.6 Å². The maximum absolute atomic E-state index is 3.91. The second kappa shape index (κ2) is 6.75. The molecule has 0 amide bonds. The van der Waals surface area contributed by atoms with Gasteiger partial charge in [0.25, 0.3) is 0 Å². The Bertz CT molecular complexity index is 195. The minimum absolute atomic E-state index is 0.378. The van der Waals surface area contributed by atoms with Crippen molar-refractivity contribution in [3.63, 3.8) is 0 Å². The van der Waals surface area contributed by atoms with E-state index >= 15 is 0 Å². The van der Waals surface area contributed by atoms with Crippen molar-refractivity contribution in [3.05, 3.63) is 0 Å². The Balaban J connectivity index is 2.56. The lowest BCUT2D eigenvalue weighted by molar-refractivity contribution is 0.206. The highest BCUT2D eigenvalue weighted by Crippen LogP contribution is 2.32. The lowest BCUT2D eigenvalue weighted by Gasteiger charge is -2.37. The number of rotatable bonds is 8. The first-order valence-electron chi connectivity index (χ1n) is 7.61. The van der Waals surface area contributed by atoms with Crippen LogP contribution in [0, 0.1) is 5.41 Å². The second-order valence-electron chi connectivity index (χ2n) is 5.87. The van der Waals surface area contributed by atoms with Crippen molar-refractivity contribution in [1.82, 2.24) is 10.6 Å². The molecular weight excluding hydrogens is 208 g/mol. The van der Waals surface area contributed by atoms with Crippen molar-refractivity contribution in [2.24, 2.45) is 5.41 Å². The molecule has 0 radical (unpaired) electrons. The molecule has 1 unspecified atom stereocenters. The number of nitrogens with one attached hydrogen (secondary N) is 2. The van der Waals surface area contributed by atoms with Crippen molar-refractivity contribution in [2.45, 2.75) is 71.8 Å². The summed E-state index contributed by atoms with van der Waals surface area (Å²) in [5.74, 6) is 0. The van der Waals surface area contributed by atoms with Crippen molar-refractivity contribution < 1.29 is 0 Å². The first-order valence-corrected chi connectivity index (χ1v) is 7.61. The largest absolute Gasteiger partial charge is 0.316 e. The van der Waals surface area contributed by atoms with Gasteiger partial charge in [-0.05, 0) is 44.1 Å². The van der Waals surface area contributed by atoms with Gasteiger partial charge >= 0.3 is 0 Å². The molecule has 1 fully saturated rings. The van der Waals surface area contributed by atoms with Gasteiger partial charge in [-0.3, -0.25) is 0 Å². The smallest absolute Gasteiger partial charge is 0.0173 e. The zero-order chi connectivity index (χ0) is 12.8. The van der Waals surface area contributed by atoms with Gasteiger partial charge in [0.2, 0.25) is 0 Å². The highest BCUT2D eigenvalue weighted by molar-refractivity contribution is 4.93. The number of hydrogen-bond donors (Lipinski definition) is 2. The molecule has 1 aliphatic rings. The summed E-state index contributed by atoms with van der Waals surface area (Å²) in [7, 11) is 0. The zero-order valence-corrected chi connectivity index (χ0v) is 12.4. The van der Waals surface area contributed by atoms with E-state index < -0.39 is 0 Å². The van der Waals surface area contributed by atoms with Gasteiger partial charge in [-0.2, -0.15) is 0 Å². The summed E-state index contributed by atoms with van der Waals surface area (Å²) in [6, 6.07) is 0. The minimum atomic E-state index is 0.378. The van der Waals surface area contributed by atoms with Crippen LogP contribution in [0.3, 0.4) is 0 Å². The maximum atomic E-state index is 3.91. The predicted octanol–water partition coefficient (Wildman–Crippen LogP) is 3.32. The molecule has 2 heteroatoms. The van der Waals surface area contributed by atoms with Gasteiger partial charge in [-0.1, -0.05) is 34.1 Å². The highest BCUT2D eigenvalue weighted by atomic mass is 15.0. The van der Waals surface area contributed by atoms with Crippen molar-refractivity contribution in [2.75, 3.05) is 19.6 Å². The summed E-state index contributed by atoms with van der Waals surface area (Å²) >= 11 is 0. The quantitative estimate of drug-likeness (QED) is 0.680. The maximum Gasteiger partial charge on any atom is 0.0173 e. The van der Waals surface area contributed by atoms with Gasteiger partial charge in [0, 0.05) is 18.6 Å². The van der Waals surface area contributed by atoms with Gasteiger partial charge in [0.1, 0.15) is 0 Å². The lowest BCUT2D eigenvalue weighted by atomic mass is 9.80. The zero-order valence-electron chi connectivity index (χ0n) is 12.4. The summed E-state index contributed by atoms with van der Waals surface area (Å²) in [5.41, 5.74) is 0.906. The SMILES string of the molecule is CCCC1(CNC(CC)(CC)CC)CCNC1. The van der Waals surface area contributed by atoms with Gasteiger partial charge in [0.15, 0.2) is 0 Å². The molecule has 0 bridgehead atoms. The Labute approximate surface area is 108 Å². The monoisotopic (exact) mass is 240 g/mol. The molecule has 17 heavy (non-hydrogen) atoms. The fourth-order valence-corrected chi connectivity index (χ4v) is 3.28. The standard InChI is InChI=1S/C15H32N2/c1-5-9-14(10-11-16-12-14)13-17-15(6-2,7-3)8-4/h16-17H,5-13H2,1-4H3. The third kappa shape index (κ3) is 3.69. The summed E-state index contributed by atoms with van der Waals surface area (Å²) < 4.78 is 0. The van der Waals surface area contributed by atoms with Gasteiger partial charge in [-0.25, -0.2) is 0 Å². The Morgan fingerprint density at radius 1 is 1.12 bits per heavy atom. The first-order chi connectivity index (χ1) is 8.16. The third-order valence-corrected chi connectivity index (χ3v) is 4.98. The van der Waals surface area contributed by atoms with E-state index in [-0.39, 0.29) is 0 Å². The molecule has 0 aromatic carbocycles. The molecule has 0 aromatic heterocycles. The molecule has 1 rings (SSSR count). The minimum Gasteiger partial charge on any atom is -0.316 e. The first kappa shape index (κ1) is 15.0. The summed E-state index contributed by atoms with van der Waals surface area (Å²) in [5, 5.41) is 7.46. The third-order valence-electron chi connectivity index (χ3n) is 4.98. The van der Waals surface area contributed by atoms with E-state index in [4.69, 9.17) is 0 Å². The molecule has 0 saturated carbocycles. The van der Waals surface area contributed by atoms with E-state index in [2.05, 4.69) is 38.3 Å². The molecule has 1 atom stereocenters. The van der Waals surface area contributed by atoms with Crippen LogP contribution in [0.25, 0.3) is 0 Å². The molecule has 2 nitrogen and oxygen atoms in total. The van der Waals surface area contributed by atoms with Crippen molar-refractivity contribution >= 4 is 0 Å². The van der Waals surface area contributed by atoms with E-state index in [9.17, 15) is 0 Å². The van der Waals surface area contributed by atoms with Crippen LogP contribution < -0.4 is 10.6 Å². The molecule has 102 valence electrons. The average molecular weight is 240 g/mol. The predicted molar refractivity (Wildman–Crippen MR) is 76.4 cm³/mol. The van der Waals surface area contributed by atoms with E-state index in [0.717, 1.165) is 0 Å². The van der Waals surface area contributed by atoms with E-state index in [1.165, 1.54) is 58.2 Å². The molecule has 0 spiro atoms. The topological polar surface area (TPSA) is 24.1 Å². The van der Waals surface area contributed by atoms with Gasteiger partial charge in [0.05, 0.1) is 0 Å². The normalized spacial score (nSPS) is 25.4. The van der Waals surface area contributed by atoms with Gasteiger partial charge in [-0.15, -0.1) is 0 Å².